The van der Waals surface area contributed by atoms with E-state index in [-0.39, 0.29) is 5.82 Å². The molecule has 0 fully saturated rings. The van der Waals surface area contributed by atoms with Crippen LogP contribution in [0.3, 0.4) is 0 Å². The smallest absolute Gasteiger partial charge is 0.130 e. The van der Waals surface area contributed by atoms with E-state index in [1.165, 1.54) is 30.0 Å². The van der Waals surface area contributed by atoms with E-state index >= 15 is 0 Å². The number of hydrogen-bond donors (Lipinski definition) is 1. The van der Waals surface area contributed by atoms with E-state index in [2.05, 4.69) is 22.0 Å². The predicted octanol–water partition coefficient (Wildman–Crippen LogP) is 4.55. The fourth-order valence-corrected chi connectivity index (χ4v) is 3.42. The van der Waals surface area contributed by atoms with Crippen molar-refractivity contribution in [3.63, 3.8) is 0 Å². The minimum absolute atomic E-state index is 0.309. The molecule has 1 N–H and O–H groups in total. The fourth-order valence-electron chi connectivity index (χ4n) is 2.86. The number of benzene rings is 2. The third-order valence-corrected chi connectivity index (χ3v) is 4.65. The lowest BCUT2D eigenvalue weighted by molar-refractivity contribution is 0.214. The van der Waals surface area contributed by atoms with Gasteiger partial charge in [-0.2, -0.15) is 0 Å². The van der Waals surface area contributed by atoms with Crippen molar-refractivity contribution in [3.8, 4) is 0 Å². The van der Waals surface area contributed by atoms with Gasteiger partial charge < -0.3 is 5.11 Å². The first-order chi connectivity index (χ1) is 9.66. The van der Waals surface area contributed by atoms with Gasteiger partial charge >= 0.3 is 0 Å². The number of aryl methyl sites for hydroxylation is 2. The van der Waals surface area contributed by atoms with Gasteiger partial charge in [-0.3, -0.25) is 0 Å². The molecule has 0 aliphatic heterocycles. The number of aliphatic hydroxyl groups is 1. The normalized spacial score (nSPS) is 15.8. The monoisotopic (exact) mass is 334 g/mol. The minimum Gasteiger partial charge on any atom is -0.384 e. The average molecular weight is 335 g/mol. The Labute approximate surface area is 126 Å². The molecule has 0 radical (unpaired) electrons. The zero-order valence-electron chi connectivity index (χ0n) is 11.1. The van der Waals surface area contributed by atoms with Crippen LogP contribution in [0.25, 0.3) is 0 Å². The summed E-state index contributed by atoms with van der Waals surface area (Å²) >= 11 is 3.32. The van der Waals surface area contributed by atoms with E-state index in [4.69, 9.17) is 0 Å². The molecule has 1 nitrogen and oxygen atoms in total. The third-order valence-electron chi connectivity index (χ3n) is 3.96. The molecule has 3 rings (SSSR count). The molecule has 0 amide bonds. The van der Waals surface area contributed by atoms with Crippen molar-refractivity contribution in [2.75, 3.05) is 0 Å². The van der Waals surface area contributed by atoms with Gasteiger partial charge in [0.1, 0.15) is 11.9 Å². The highest BCUT2D eigenvalue weighted by Gasteiger charge is 2.19. The van der Waals surface area contributed by atoms with Crippen molar-refractivity contribution in [3.05, 3.63) is 68.9 Å². The highest BCUT2D eigenvalue weighted by atomic mass is 79.9. The van der Waals surface area contributed by atoms with Gasteiger partial charge in [0, 0.05) is 10.0 Å². The van der Waals surface area contributed by atoms with Crippen molar-refractivity contribution in [1.29, 1.82) is 0 Å². The molecule has 1 aliphatic rings. The first-order valence-electron chi connectivity index (χ1n) is 6.90. The van der Waals surface area contributed by atoms with E-state index < -0.39 is 6.10 Å². The summed E-state index contributed by atoms with van der Waals surface area (Å²) in [5.74, 6) is -0.385. The number of rotatable bonds is 2. The van der Waals surface area contributed by atoms with Crippen LogP contribution in [-0.4, -0.2) is 5.11 Å². The second kappa shape index (κ2) is 5.66. The van der Waals surface area contributed by atoms with E-state index in [0.717, 1.165) is 18.4 Å². The van der Waals surface area contributed by atoms with Gasteiger partial charge in [-0.1, -0.05) is 40.2 Å². The van der Waals surface area contributed by atoms with Crippen LogP contribution in [0.1, 0.15) is 41.2 Å². The summed E-state index contributed by atoms with van der Waals surface area (Å²) < 4.78 is 14.5. The van der Waals surface area contributed by atoms with E-state index in [1.807, 2.05) is 12.1 Å². The van der Waals surface area contributed by atoms with Gasteiger partial charge in [0.05, 0.1) is 0 Å². The Morgan fingerprint density at radius 3 is 2.55 bits per heavy atom. The third kappa shape index (κ3) is 2.52. The molecule has 0 aromatic heterocycles. The highest BCUT2D eigenvalue weighted by molar-refractivity contribution is 9.10. The van der Waals surface area contributed by atoms with Crippen LogP contribution >= 0.6 is 15.9 Å². The molecular weight excluding hydrogens is 319 g/mol. The Kier molecular flexibility index (Phi) is 3.90. The molecule has 0 spiro atoms. The van der Waals surface area contributed by atoms with Gasteiger partial charge in [-0.05, 0) is 54.5 Å². The second-order valence-corrected chi connectivity index (χ2v) is 6.13. The van der Waals surface area contributed by atoms with Crippen LogP contribution in [0.4, 0.5) is 4.39 Å². The Bertz CT molecular complexity index is 619. The summed E-state index contributed by atoms with van der Waals surface area (Å²) in [6, 6.07) is 10.8. The number of hydrogen-bond acceptors (Lipinski definition) is 1. The number of halogens is 2. The summed E-state index contributed by atoms with van der Waals surface area (Å²) in [6.45, 7) is 0. The Balaban J connectivity index is 2.00. The first kappa shape index (κ1) is 13.8. The number of aliphatic hydroxyl groups excluding tert-OH is 1. The lowest BCUT2D eigenvalue weighted by Crippen LogP contribution is -2.07. The Morgan fingerprint density at radius 2 is 1.80 bits per heavy atom. The first-order valence-corrected chi connectivity index (χ1v) is 7.70. The van der Waals surface area contributed by atoms with Crippen molar-refractivity contribution in [2.45, 2.75) is 31.8 Å². The molecular formula is C17H16BrFO. The summed E-state index contributed by atoms with van der Waals surface area (Å²) in [4.78, 5) is 0. The van der Waals surface area contributed by atoms with Crippen LogP contribution in [0, 0.1) is 5.82 Å². The highest BCUT2D eigenvalue weighted by Crippen LogP contribution is 2.32. The van der Waals surface area contributed by atoms with Crippen molar-refractivity contribution in [2.24, 2.45) is 0 Å². The zero-order chi connectivity index (χ0) is 14.1. The molecule has 0 saturated heterocycles. The minimum atomic E-state index is -0.933. The zero-order valence-corrected chi connectivity index (χ0v) is 12.7. The lowest BCUT2D eigenvalue weighted by atomic mass is 9.88. The maximum Gasteiger partial charge on any atom is 0.130 e. The van der Waals surface area contributed by atoms with Gasteiger partial charge in [0.2, 0.25) is 0 Å². The van der Waals surface area contributed by atoms with Gasteiger partial charge in [-0.25, -0.2) is 4.39 Å². The predicted molar refractivity (Wildman–Crippen MR) is 81.2 cm³/mol. The van der Waals surface area contributed by atoms with Crippen LogP contribution < -0.4 is 0 Å². The fraction of sp³-hybridized carbons (Fsp3) is 0.294. The molecule has 1 unspecified atom stereocenters. The molecule has 3 heteroatoms. The van der Waals surface area contributed by atoms with Crippen LogP contribution in [-0.2, 0) is 12.8 Å². The largest absolute Gasteiger partial charge is 0.384 e. The molecule has 0 heterocycles. The maximum absolute atomic E-state index is 13.9. The van der Waals surface area contributed by atoms with E-state index in [0.29, 0.717) is 10.0 Å². The SMILES string of the molecule is OC(c1ccc2c(c1)CCCC2)c1c(F)cccc1Br. The average Bonchev–Trinajstić information content (AvgIpc) is 2.46. The van der Waals surface area contributed by atoms with Crippen LogP contribution in [0.2, 0.25) is 0 Å². The molecule has 0 bridgehead atoms. The molecule has 0 saturated carbocycles. The second-order valence-electron chi connectivity index (χ2n) is 5.27. The summed E-state index contributed by atoms with van der Waals surface area (Å²) in [7, 11) is 0. The summed E-state index contributed by atoms with van der Waals surface area (Å²) in [5.41, 5.74) is 3.72. The maximum atomic E-state index is 13.9. The molecule has 104 valence electrons. The van der Waals surface area contributed by atoms with Gasteiger partial charge in [-0.15, -0.1) is 0 Å². The quantitative estimate of drug-likeness (QED) is 0.854. The molecule has 20 heavy (non-hydrogen) atoms. The molecule has 2 aromatic rings. The van der Waals surface area contributed by atoms with E-state index in [9.17, 15) is 9.50 Å². The van der Waals surface area contributed by atoms with Crippen LogP contribution in [0.5, 0.6) is 0 Å². The van der Waals surface area contributed by atoms with Gasteiger partial charge in [0.25, 0.3) is 0 Å². The summed E-state index contributed by atoms with van der Waals surface area (Å²) in [6.07, 6.45) is 3.64. The Morgan fingerprint density at radius 1 is 1.05 bits per heavy atom. The van der Waals surface area contributed by atoms with Crippen LogP contribution in [0.15, 0.2) is 40.9 Å². The van der Waals surface area contributed by atoms with Crippen molar-refractivity contribution in [1.82, 2.24) is 0 Å². The number of fused-ring (bicyclic) bond motifs is 1. The standard InChI is InChI=1S/C17H16BrFO/c18-14-6-3-7-15(19)16(14)17(20)13-9-8-11-4-1-2-5-12(11)10-13/h3,6-10,17,20H,1-2,4-5H2. The lowest BCUT2D eigenvalue weighted by Gasteiger charge is -2.19. The topological polar surface area (TPSA) is 20.2 Å². The summed E-state index contributed by atoms with van der Waals surface area (Å²) in [5, 5.41) is 10.5. The van der Waals surface area contributed by atoms with Gasteiger partial charge in [0.15, 0.2) is 0 Å². The van der Waals surface area contributed by atoms with Crippen molar-refractivity contribution < 1.29 is 9.50 Å². The van der Waals surface area contributed by atoms with E-state index in [1.54, 1.807) is 12.1 Å². The molecule has 1 atom stereocenters. The molecule has 1 aliphatic carbocycles. The molecule has 2 aromatic carbocycles. The van der Waals surface area contributed by atoms with Crippen molar-refractivity contribution >= 4 is 15.9 Å². The Hall–Kier alpha value is -1.19.